The molecular formula is C8H6BrNOS. The van der Waals surface area contributed by atoms with Gasteiger partial charge in [0.2, 0.25) is 0 Å². The molecule has 0 saturated heterocycles. The molecule has 1 spiro atoms. The lowest BCUT2D eigenvalue weighted by molar-refractivity contribution is 0.0952. The van der Waals surface area contributed by atoms with Crippen LogP contribution >= 0.6 is 27.3 Å². The van der Waals surface area contributed by atoms with E-state index in [0.29, 0.717) is 0 Å². The Morgan fingerprint density at radius 3 is 3.00 bits per heavy atom. The molecule has 0 atom stereocenters. The van der Waals surface area contributed by atoms with Gasteiger partial charge in [-0.1, -0.05) is 0 Å². The number of nitrogens with one attached hydrogen (secondary N) is 1. The summed E-state index contributed by atoms with van der Waals surface area (Å²) in [7, 11) is 0. The van der Waals surface area contributed by atoms with Crippen molar-refractivity contribution >= 4 is 33.2 Å². The molecule has 12 heavy (non-hydrogen) atoms. The molecule has 1 saturated carbocycles. The molecule has 2 aliphatic rings. The number of hydrogen-bond donors (Lipinski definition) is 1. The average Bonchev–Trinajstić information content (AvgIpc) is 2.60. The van der Waals surface area contributed by atoms with Crippen LogP contribution in [-0.2, 0) is 5.54 Å². The Morgan fingerprint density at radius 1 is 1.58 bits per heavy atom. The zero-order valence-electron chi connectivity index (χ0n) is 6.19. The summed E-state index contributed by atoms with van der Waals surface area (Å²) in [5, 5.41) is 3.03. The van der Waals surface area contributed by atoms with E-state index in [-0.39, 0.29) is 11.4 Å². The van der Waals surface area contributed by atoms with E-state index in [9.17, 15) is 4.79 Å². The Hall–Kier alpha value is -0.350. The second-order valence-electron chi connectivity index (χ2n) is 3.33. The molecule has 2 nitrogen and oxygen atoms in total. The number of hydrogen-bond acceptors (Lipinski definition) is 2. The minimum absolute atomic E-state index is 0.0586. The van der Waals surface area contributed by atoms with Crippen LogP contribution < -0.4 is 5.32 Å². The molecule has 1 aliphatic carbocycles. The van der Waals surface area contributed by atoms with Crippen molar-refractivity contribution in [3.63, 3.8) is 0 Å². The molecule has 0 radical (unpaired) electrons. The number of thiophene rings is 1. The topological polar surface area (TPSA) is 29.1 Å². The number of fused-ring (bicyclic) bond motifs is 2. The quantitative estimate of drug-likeness (QED) is 0.745. The molecule has 1 amide bonds. The molecule has 1 aromatic rings. The van der Waals surface area contributed by atoms with Crippen LogP contribution in [0.25, 0.3) is 0 Å². The molecule has 0 bridgehead atoms. The summed E-state index contributed by atoms with van der Waals surface area (Å²) in [5.41, 5.74) is 0.938. The first kappa shape index (κ1) is 7.09. The van der Waals surface area contributed by atoms with Crippen molar-refractivity contribution in [2.45, 2.75) is 18.4 Å². The van der Waals surface area contributed by atoms with Crippen LogP contribution in [0, 0.1) is 0 Å². The minimum atomic E-state index is 0.0586. The molecule has 3 rings (SSSR count). The summed E-state index contributed by atoms with van der Waals surface area (Å²) in [4.78, 5) is 12.6. The first-order valence-electron chi connectivity index (χ1n) is 3.84. The zero-order valence-corrected chi connectivity index (χ0v) is 8.59. The van der Waals surface area contributed by atoms with Gasteiger partial charge in [0.1, 0.15) is 0 Å². The van der Waals surface area contributed by atoms with E-state index in [1.807, 2.05) is 6.07 Å². The Morgan fingerprint density at radius 2 is 2.33 bits per heavy atom. The normalized spacial score (nSPS) is 22.6. The van der Waals surface area contributed by atoms with Gasteiger partial charge in [-0.05, 0) is 34.8 Å². The van der Waals surface area contributed by atoms with Crippen molar-refractivity contribution in [3.05, 3.63) is 20.3 Å². The van der Waals surface area contributed by atoms with Gasteiger partial charge in [-0.2, -0.15) is 0 Å². The predicted octanol–water partition coefficient (Wildman–Crippen LogP) is 2.24. The monoisotopic (exact) mass is 243 g/mol. The first-order valence-corrected chi connectivity index (χ1v) is 5.45. The maximum Gasteiger partial charge on any atom is 0.253 e. The van der Waals surface area contributed by atoms with Crippen LogP contribution in [0.5, 0.6) is 0 Å². The number of halogens is 1. The number of carbonyl (C=O) groups is 1. The van der Waals surface area contributed by atoms with Gasteiger partial charge in [0.25, 0.3) is 5.91 Å². The first-order chi connectivity index (χ1) is 5.71. The predicted molar refractivity (Wildman–Crippen MR) is 50.4 cm³/mol. The van der Waals surface area contributed by atoms with Gasteiger partial charge in [0.05, 0.1) is 14.9 Å². The Labute approximate surface area is 82.1 Å². The summed E-state index contributed by atoms with van der Waals surface area (Å²) in [6.45, 7) is 0. The standard InChI is InChI=1S/C8H6BrNOS/c9-5-3-4-6(12-5)8(1-2-8)10-7(4)11/h3H,1-2H2,(H,10,11). The van der Waals surface area contributed by atoms with Crippen LogP contribution in [0.15, 0.2) is 9.85 Å². The smallest absolute Gasteiger partial charge is 0.253 e. The van der Waals surface area contributed by atoms with Crippen molar-refractivity contribution in [1.29, 1.82) is 0 Å². The van der Waals surface area contributed by atoms with Crippen LogP contribution in [0.2, 0.25) is 0 Å². The lowest BCUT2D eigenvalue weighted by atomic mass is 10.2. The highest BCUT2D eigenvalue weighted by atomic mass is 79.9. The van der Waals surface area contributed by atoms with E-state index < -0.39 is 0 Å². The summed E-state index contributed by atoms with van der Waals surface area (Å²) < 4.78 is 1.06. The molecule has 0 aromatic carbocycles. The van der Waals surface area contributed by atoms with E-state index in [1.165, 1.54) is 4.88 Å². The Balaban J connectivity index is 2.26. The number of rotatable bonds is 0. The fourth-order valence-electron chi connectivity index (χ4n) is 1.70. The van der Waals surface area contributed by atoms with Gasteiger partial charge in [-0.3, -0.25) is 4.79 Å². The maximum absolute atomic E-state index is 11.4. The average molecular weight is 244 g/mol. The second-order valence-corrected chi connectivity index (χ2v) is 5.76. The van der Waals surface area contributed by atoms with Gasteiger partial charge in [0.15, 0.2) is 0 Å². The van der Waals surface area contributed by atoms with Crippen LogP contribution in [-0.4, -0.2) is 5.91 Å². The molecule has 1 aromatic heterocycles. The SMILES string of the molecule is O=C1NC2(CC2)c2sc(Br)cc21. The lowest BCUT2D eigenvalue weighted by Crippen LogP contribution is -2.25. The zero-order chi connectivity index (χ0) is 8.34. The fourth-order valence-corrected chi connectivity index (χ4v) is 3.50. The third-order valence-electron chi connectivity index (χ3n) is 2.48. The van der Waals surface area contributed by atoms with E-state index >= 15 is 0 Å². The summed E-state index contributed by atoms with van der Waals surface area (Å²) in [6.07, 6.45) is 2.22. The van der Waals surface area contributed by atoms with Gasteiger partial charge < -0.3 is 5.32 Å². The molecule has 1 N–H and O–H groups in total. The third-order valence-corrected chi connectivity index (χ3v) is 4.33. The molecule has 0 unspecified atom stereocenters. The molecule has 2 heterocycles. The number of amides is 1. The van der Waals surface area contributed by atoms with Crippen molar-refractivity contribution < 1.29 is 4.79 Å². The lowest BCUT2D eigenvalue weighted by Gasteiger charge is -2.04. The Bertz CT molecular complexity index is 380. The summed E-state index contributed by atoms with van der Waals surface area (Å²) in [6, 6.07) is 1.92. The fraction of sp³-hybridized carbons (Fsp3) is 0.375. The highest BCUT2D eigenvalue weighted by Crippen LogP contribution is 2.53. The van der Waals surface area contributed by atoms with Crippen molar-refractivity contribution in [2.24, 2.45) is 0 Å². The molecule has 1 fully saturated rings. The third kappa shape index (κ3) is 0.721. The van der Waals surface area contributed by atoms with Crippen LogP contribution in [0.3, 0.4) is 0 Å². The van der Waals surface area contributed by atoms with Crippen LogP contribution in [0.4, 0.5) is 0 Å². The van der Waals surface area contributed by atoms with Gasteiger partial charge in [-0.15, -0.1) is 11.3 Å². The highest BCUT2D eigenvalue weighted by molar-refractivity contribution is 9.11. The largest absolute Gasteiger partial charge is 0.342 e. The summed E-state index contributed by atoms with van der Waals surface area (Å²) in [5.74, 6) is 0.101. The maximum atomic E-state index is 11.4. The highest BCUT2D eigenvalue weighted by Gasteiger charge is 2.53. The second kappa shape index (κ2) is 1.93. The van der Waals surface area contributed by atoms with Crippen molar-refractivity contribution in [2.75, 3.05) is 0 Å². The van der Waals surface area contributed by atoms with E-state index in [1.54, 1.807) is 11.3 Å². The Kier molecular flexibility index (Phi) is 1.14. The molecule has 4 heteroatoms. The minimum Gasteiger partial charge on any atom is -0.342 e. The van der Waals surface area contributed by atoms with Gasteiger partial charge in [-0.25, -0.2) is 0 Å². The molecular weight excluding hydrogens is 238 g/mol. The number of carbonyl (C=O) groups excluding carboxylic acids is 1. The molecule has 1 aliphatic heterocycles. The van der Waals surface area contributed by atoms with Gasteiger partial charge >= 0.3 is 0 Å². The van der Waals surface area contributed by atoms with Crippen LogP contribution in [0.1, 0.15) is 28.1 Å². The van der Waals surface area contributed by atoms with Gasteiger partial charge in [0, 0.05) is 4.88 Å². The van der Waals surface area contributed by atoms with E-state index in [2.05, 4.69) is 21.2 Å². The van der Waals surface area contributed by atoms with E-state index in [0.717, 1.165) is 22.2 Å². The molecule has 62 valence electrons. The van der Waals surface area contributed by atoms with Crippen molar-refractivity contribution in [3.8, 4) is 0 Å². The summed E-state index contributed by atoms with van der Waals surface area (Å²) >= 11 is 5.09. The van der Waals surface area contributed by atoms with Crippen molar-refractivity contribution in [1.82, 2.24) is 5.32 Å². The van der Waals surface area contributed by atoms with E-state index in [4.69, 9.17) is 0 Å².